The van der Waals surface area contributed by atoms with Gasteiger partial charge in [-0.2, -0.15) is 0 Å². The van der Waals surface area contributed by atoms with Crippen LogP contribution in [0.2, 0.25) is 0 Å². The van der Waals surface area contributed by atoms with Crippen LogP contribution in [0.1, 0.15) is 49.0 Å². The first-order chi connectivity index (χ1) is 10.6. The molecule has 1 unspecified atom stereocenters. The van der Waals surface area contributed by atoms with Gasteiger partial charge in [-0.25, -0.2) is 0 Å². The first kappa shape index (κ1) is 16.4. The van der Waals surface area contributed by atoms with Crippen molar-refractivity contribution in [1.82, 2.24) is 5.32 Å². The van der Waals surface area contributed by atoms with Crippen molar-refractivity contribution < 1.29 is 9.59 Å². The normalized spacial score (nSPS) is 12.8. The number of thiophene rings is 2. The van der Waals surface area contributed by atoms with Crippen LogP contribution in [-0.2, 0) is 0 Å². The first-order valence-electron chi connectivity index (χ1n) is 6.89. The van der Waals surface area contributed by atoms with E-state index in [9.17, 15) is 9.59 Å². The smallest absolute Gasteiger partial charge is 0.261 e. The Morgan fingerprint density at radius 1 is 1.14 bits per heavy atom. The third kappa shape index (κ3) is 4.26. The van der Waals surface area contributed by atoms with E-state index in [1.54, 1.807) is 6.07 Å². The highest BCUT2D eigenvalue weighted by Gasteiger charge is 2.14. The van der Waals surface area contributed by atoms with E-state index in [2.05, 4.69) is 5.32 Å². The maximum atomic E-state index is 12.2. The van der Waals surface area contributed by atoms with Gasteiger partial charge in [0, 0.05) is 9.75 Å². The van der Waals surface area contributed by atoms with Gasteiger partial charge >= 0.3 is 0 Å². The summed E-state index contributed by atoms with van der Waals surface area (Å²) in [6.45, 7) is 3.87. The molecule has 2 heterocycles. The lowest BCUT2D eigenvalue weighted by atomic mass is 10.2. The molecule has 0 saturated heterocycles. The van der Waals surface area contributed by atoms with Crippen LogP contribution in [0, 0.1) is 0 Å². The molecular formula is C17H17NO2S2. The number of nitrogens with one attached hydrogen (secondary N) is 1. The molecule has 1 N–H and O–H groups in total. The summed E-state index contributed by atoms with van der Waals surface area (Å²) in [5.41, 5.74) is 0. The third-order valence-electron chi connectivity index (χ3n) is 2.95. The summed E-state index contributed by atoms with van der Waals surface area (Å²) in [6, 6.07) is 7.28. The number of hydrogen-bond donors (Lipinski definition) is 1. The third-order valence-corrected chi connectivity index (χ3v) is 5.20. The standard InChI is InChI=1S/C17H17NO2S2/c1-3-4-5-6-13-7-10-16(21-13)17(20)18-12(2)15-9-8-14(11-19)22-15/h3-12H,1-2H3,(H,18,20)/b4-3-,6-5-. The van der Waals surface area contributed by atoms with Gasteiger partial charge in [0.15, 0.2) is 6.29 Å². The molecule has 114 valence electrons. The minimum absolute atomic E-state index is 0.0933. The van der Waals surface area contributed by atoms with Gasteiger partial charge < -0.3 is 5.32 Å². The molecule has 1 atom stereocenters. The minimum Gasteiger partial charge on any atom is -0.344 e. The summed E-state index contributed by atoms with van der Waals surface area (Å²) in [7, 11) is 0. The zero-order chi connectivity index (χ0) is 15.9. The molecule has 0 saturated carbocycles. The van der Waals surface area contributed by atoms with Gasteiger partial charge in [0.25, 0.3) is 5.91 Å². The summed E-state index contributed by atoms with van der Waals surface area (Å²) in [4.78, 5) is 26.3. The molecule has 3 nitrogen and oxygen atoms in total. The van der Waals surface area contributed by atoms with Crippen molar-refractivity contribution in [3.05, 3.63) is 62.0 Å². The van der Waals surface area contributed by atoms with Gasteiger partial charge in [-0.15, -0.1) is 22.7 Å². The molecule has 0 fully saturated rings. The summed E-state index contributed by atoms with van der Waals surface area (Å²) in [6.07, 6.45) is 8.64. The van der Waals surface area contributed by atoms with Crippen LogP contribution in [0.25, 0.3) is 6.08 Å². The highest BCUT2D eigenvalue weighted by atomic mass is 32.1. The van der Waals surface area contributed by atoms with Crippen molar-refractivity contribution in [2.24, 2.45) is 0 Å². The van der Waals surface area contributed by atoms with Gasteiger partial charge in [-0.1, -0.05) is 18.2 Å². The molecule has 0 spiro atoms. The van der Waals surface area contributed by atoms with E-state index >= 15 is 0 Å². The summed E-state index contributed by atoms with van der Waals surface area (Å²) < 4.78 is 0. The second-order valence-electron chi connectivity index (χ2n) is 4.64. The molecule has 0 bridgehead atoms. The Balaban J connectivity index is 2.01. The Bertz CT molecular complexity index is 710. The van der Waals surface area contributed by atoms with Crippen LogP contribution in [0.3, 0.4) is 0 Å². The number of hydrogen-bond acceptors (Lipinski definition) is 4. The molecular weight excluding hydrogens is 314 g/mol. The van der Waals surface area contributed by atoms with E-state index in [-0.39, 0.29) is 11.9 Å². The Hall–Kier alpha value is -1.98. The largest absolute Gasteiger partial charge is 0.344 e. The molecule has 0 aliphatic carbocycles. The van der Waals surface area contributed by atoms with Crippen molar-refractivity contribution in [3.63, 3.8) is 0 Å². The van der Waals surface area contributed by atoms with E-state index in [1.807, 2.05) is 56.4 Å². The zero-order valence-electron chi connectivity index (χ0n) is 12.4. The summed E-state index contributed by atoms with van der Waals surface area (Å²) in [5, 5.41) is 2.96. The quantitative estimate of drug-likeness (QED) is 0.616. The Morgan fingerprint density at radius 3 is 2.59 bits per heavy atom. The second-order valence-corrected chi connectivity index (χ2v) is 6.90. The van der Waals surface area contributed by atoms with Crippen molar-refractivity contribution in [2.45, 2.75) is 19.9 Å². The van der Waals surface area contributed by atoms with Gasteiger partial charge in [0.1, 0.15) is 0 Å². The van der Waals surface area contributed by atoms with E-state index in [0.717, 1.165) is 16.0 Å². The maximum absolute atomic E-state index is 12.2. The number of amides is 1. The van der Waals surface area contributed by atoms with Gasteiger partial charge in [-0.3, -0.25) is 9.59 Å². The number of carbonyl (C=O) groups excluding carboxylic acids is 2. The van der Waals surface area contributed by atoms with Crippen molar-refractivity contribution in [3.8, 4) is 0 Å². The summed E-state index contributed by atoms with van der Waals surface area (Å²) >= 11 is 2.85. The Labute approximate surface area is 138 Å². The molecule has 1 amide bonds. The molecule has 2 aromatic rings. The molecule has 0 aliphatic rings. The summed E-state index contributed by atoms with van der Waals surface area (Å²) in [5.74, 6) is -0.0933. The fourth-order valence-electron chi connectivity index (χ4n) is 1.83. The molecule has 0 aliphatic heterocycles. The van der Waals surface area contributed by atoms with Crippen LogP contribution >= 0.6 is 22.7 Å². The van der Waals surface area contributed by atoms with Crippen molar-refractivity contribution in [1.29, 1.82) is 0 Å². The maximum Gasteiger partial charge on any atom is 0.261 e. The van der Waals surface area contributed by atoms with Crippen LogP contribution in [0.15, 0.2) is 42.5 Å². The molecule has 0 aromatic carbocycles. The van der Waals surface area contributed by atoms with E-state index in [4.69, 9.17) is 0 Å². The number of rotatable bonds is 6. The van der Waals surface area contributed by atoms with Gasteiger partial charge in [0.2, 0.25) is 0 Å². The highest BCUT2D eigenvalue weighted by molar-refractivity contribution is 7.15. The van der Waals surface area contributed by atoms with Crippen molar-refractivity contribution in [2.75, 3.05) is 0 Å². The fraction of sp³-hybridized carbons (Fsp3) is 0.176. The SMILES string of the molecule is C/C=C\C=C/c1ccc(C(=O)NC(C)c2ccc(C=O)s2)s1. The predicted molar refractivity (Wildman–Crippen MR) is 93.8 cm³/mol. The first-order valence-corrected chi connectivity index (χ1v) is 8.52. The van der Waals surface area contributed by atoms with Crippen LogP contribution in [-0.4, -0.2) is 12.2 Å². The Morgan fingerprint density at radius 2 is 1.91 bits per heavy atom. The molecule has 2 rings (SSSR count). The number of aldehydes is 1. The zero-order valence-corrected chi connectivity index (χ0v) is 14.0. The fourth-order valence-corrected chi connectivity index (χ4v) is 3.48. The van der Waals surface area contributed by atoms with E-state index in [1.165, 1.54) is 22.7 Å². The van der Waals surface area contributed by atoms with E-state index < -0.39 is 0 Å². The molecule has 2 aromatic heterocycles. The lowest BCUT2D eigenvalue weighted by Gasteiger charge is -2.10. The lowest BCUT2D eigenvalue weighted by Crippen LogP contribution is -2.25. The molecule has 5 heteroatoms. The minimum atomic E-state index is -0.115. The monoisotopic (exact) mass is 331 g/mol. The average Bonchev–Trinajstić information content (AvgIpc) is 3.16. The topological polar surface area (TPSA) is 46.2 Å². The van der Waals surface area contributed by atoms with Crippen molar-refractivity contribution >= 4 is 40.9 Å². The van der Waals surface area contributed by atoms with Gasteiger partial charge in [0.05, 0.1) is 15.8 Å². The highest BCUT2D eigenvalue weighted by Crippen LogP contribution is 2.23. The predicted octanol–water partition coefficient (Wildman–Crippen LogP) is 4.70. The second kappa shape index (κ2) is 7.87. The van der Waals surface area contributed by atoms with Gasteiger partial charge in [-0.05, 0) is 44.2 Å². The number of carbonyl (C=O) groups is 2. The number of allylic oxidation sites excluding steroid dienone is 3. The average molecular weight is 331 g/mol. The van der Waals surface area contributed by atoms with Crippen LogP contribution in [0.4, 0.5) is 0 Å². The van der Waals surface area contributed by atoms with Crippen LogP contribution in [0.5, 0.6) is 0 Å². The molecule has 0 radical (unpaired) electrons. The van der Waals surface area contributed by atoms with Crippen LogP contribution < -0.4 is 5.32 Å². The Kier molecular flexibility index (Phi) is 5.86. The van der Waals surface area contributed by atoms with E-state index in [0.29, 0.717) is 9.75 Å². The lowest BCUT2D eigenvalue weighted by molar-refractivity contribution is 0.0944. The molecule has 22 heavy (non-hydrogen) atoms.